The highest BCUT2D eigenvalue weighted by Gasteiger charge is 2.33. The Morgan fingerprint density at radius 1 is 1.32 bits per heavy atom. The average molecular weight is 384 g/mol. The van der Waals surface area contributed by atoms with E-state index in [0.717, 1.165) is 28.3 Å². The molecule has 0 saturated carbocycles. The van der Waals surface area contributed by atoms with Gasteiger partial charge in [-0.1, -0.05) is 0 Å². The number of nitrogens with zero attached hydrogens (tertiary/aromatic N) is 2. The van der Waals surface area contributed by atoms with Crippen LogP contribution >= 0.6 is 0 Å². The van der Waals surface area contributed by atoms with E-state index in [2.05, 4.69) is 15.6 Å². The lowest BCUT2D eigenvalue weighted by Crippen LogP contribution is -2.46. The van der Waals surface area contributed by atoms with Gasteiger partial charge in [-0.05, 0) is 24.6 Å². The zero-order chi connectivity index (χ0) is 19.3. The molecule has 2 aromatic heterocycles. The molecule has 0 aromatic carbocycles. The van der Waals surface area contributed by atoms with Crippen LogP contribution in [0.5, 0.6) is 0 Å². The zero-order valence-electron chi connectivity index (χ0n) is 15.5. The number of aromatic nitrogens is 1. The average Bonchev–Trinajstić information content (AvgIpc) is 3.29. The quantitative estimate of drug-likeness (QED) is 0.847. The van der Waals surface area contributed by atoms with E-state index in [1.807, 2.05) is 24.0 Å². The lowest BCUT2D eigenvalue weighted by Gasteiger charge is -2.37. The minimum absolute atomic E-state index is 0.0947. The van der Waals surface area contributed by atoms with E-state index in [1.165, 1.54) is 0 Å². The predicted octanol–water partition coefficient (Wildman–Crippen LogP) is 2.63. The van der Waals surface area contributed by atoms with Crippen LogP contribution in [0.3, 0.4) is 0 Å². The molecule has 3 aliphatic heterocycles. The van der Waals surface area contributed by atoms with Gasteiger partial charge >= 0.3 is 0 Å². The van der Waals surface area contributed by atoms with Crippen LogP contribution < -0.4 is 15.5 Å². The number of pyridine rings is 1. The molecule has 7 nitrogen and oxygen atoms in total. The second kappa shape index (κ2) is 6.54. The van der Waals surface area contributed by atoms with Crippen LogP contribution in [0.2, 0.25) is 0 Å². The third-order valence-electron chi connectivity index (χ3n) is 5.47. The Bertz CT molecular complexity index is 970. The number of alkyl halides is 1. The number of piperidine rings is 1. The highest BCUT2D eigenvalue weighted by atomic mass is 19.1. The topological polar surface area (TPSA) is 79.6 Å². The maximum Gasteiger partial charge on any atom is 0.253 e. The summed E-state index contributed by atoms with van der Waals surface area (Å²) < 4.78 is 26.0. The first-order chi connectivity index (χ1) is 13.6. The Kier molecular flexibility index (Phi) is 3.99. The van der Waals surface area contributed by atoms with Crippen molar-refractivity contribution in [2.24, 2.45) is 0 Å². The van der Waals surface area contributed by atoms with E-state index in [0.29, 0.717) is 37.4 Å². The Morgan fingerprint density at radius 3 is 3.07 bits per heavy atom. The molecular formula is C20H21FN4O3. The number of anilines is 2. The van der Waals surface area contributed by atoms with Gasteiger partial charge in [-0.2, -0.15) is 0 Å². The molecule has 28 heavy (non-hydrogen) atoms. The van der Waals surface area contributed by atoms with Crippen molar-refractivity contribution in [3.8, 4) is 0 Å². The molecule has 0 spiro atoms. The van der Waals surface area contributed by atoms with Crippen molar-refractivity contribution in [2.45, 2.75) is 32.2 Å². The van der Waals surface area contributed by atoms with Crippen molar-refractivity contribution in [1.82, 2.24) is 10.3 Å². The van der Waals surface area contributed by atoms with Crippen LogP contribution in [0, 0.1) is 6.92 Å². The highest BCUT2D eigenvalue weighted by molar-refractivity contribution is 5.98. The van der Waals surface area contributed by atoms with Gasteiger partial charge in [0.25, 0.3) is 5.91 Å². The van der Waals surface area contributed by atoms with Gasteiger partial charge in [0.15, 0.2) is 6.17 Å². The second-order valence-electron chi connectivity index (χ2n) is 7.42. The fourth-order valence-corrected chi connectivity index (χ4v) is 4.00. The Hall–Kier alpha value is -3.03. The number of amides is 1. The lowest BCUT2D eigenvalue weighted by molar-refractivity contribution is 0.0299. The summed E-state index contributed by atoms with van der Waals surface area (Å²) in [5.41, 5.74) is 4.06. The summed E-state index contributed by atoms with van der Waals surface area (Å²) in [6.45, 7) is 3.72. The summed E-state index contributed by atoms with van der Waals surface area (Å²) in [6, 6.07) is 1.84. The molecule has 0 unspecified atom stereocenters. The fraction of sp³-hybridized carbons (Fsp3) is 0.400. The van der Waals surface area contributed by atoms with Crippen LogP contribution in [0.15, 0.2) is 28.8 Å². The molecule has 1 fully saturated rings. The summed E-state index contributed by atoms with van der Waals surface area (Å²) in [6.07, 6.45) is 4.12. The molecule has 2 aromatic rings. The molecule has 1 saturated heterocycles. The van der Waals surface area contributed by atoms with Crippen molar-refractivity contribution in [3.63, 3.8) is 0 Å². The minimum Gasteiger partial charge on any atom is -0.490 e. The molecule has 5 heterocycles. The zero-order valence-corrected chi connectivity index (χ0v) is 15.5. The number of aryl methyl sites for hydroxylation is 1. The second-order valence-corrected chi connectivity index (χ2v) is 7.42. The molecule has 5 rings (SSSR count). The van der Waals surface area contributed by atoms with Gasteiger partial charge in [-0.3, -0.25) is 4.79 Å². The monoisotopic (exact) mass is 384 g/mol. The Morgan fingerprint density at radius 2 is 2.21 bits per heavy atom. The normalized spacial score (nSPS) is 23.4. The number of carbonyl (C=O) groups excluding carboxylic acids is 1. The molecule has 0 aliphatic carbocycles. The number of hydrogen-bond acceptors (Lipinski definition) is 6. The number of nitrogens with one attached hydrogen (secondary N) is 2. The molecule has 0 bridgehead atoms. The number of ether oxygens (including phenoxy) is 1. The number of furan rings is 1. The van der Waals surface area contributed by atoms with Crippen molar-refractivity contribution >= 4 is 23.5 Å². The molecule has 8 heteroatoms. The first-order valence-electron chi connectivity index (χ1n) is 9.43. The SMILES string of the molecule is Cc1cc2c(nc1N1CC[C@@H](OC3=Cc4cocc4NC3)[C@H](F)C1)CNC2=O. The Balaban J connectivity index is 1.28. The van der Waals surface area contributed by atoms with Gasteiger partial charge in [0.1, 0.15) is 23.9 Å². The van der Waals surface area contributed by atoms with Crippen molar-refractivity contribution < 1.29 is 18.3 Å². The van der Waals surface area contributed by atoms with Gasteiger partial charge in [0, 0.05) is 18.5 Å². The molecule has 2 N–H and O–H groups in total. The van der Waals surface area contributed by atoms with E-state index >= 15 is 0 Å². The van der Waals surface area contributed by atoms with Crippen molar-refractivity contribution in [1.29, 1.82) is 0 Å². The van der Waals surface area contributed by atoms with Crippen LogP contribution in [0.1, 0.15) is 33.6 Å². The Labute approximate surface area is 161 Å². The summed E-state index contributed by atoms with van der Waals surface area (Å²) in [4.78, 5) is 18.4. The maximum absolute atomic E-state index is 14.9. The molecule has 0 radical (unpaired) electrons. The van der Waals surface area contributed by atoms with Crippen molar-refractivity contribution in [3.05, 3.63) is 46.7 Å². The summed E-state index contributed by atoms with van der Waals surface area (Å²) in [5, 5.41) is 5.98. The smallest absolute Gasteiger partial charge is 0.253 e. The van der Waals surface area contributed by atoms with Gasteiger partial charge < -0.3 is 24.7 Å². The van der Waals surface area contributed by atoms with E-state index in [4.69, 9.17) is 9.15 Å². The largest absolute Gasteiger partial charge is 0.490 e. The molecule has 1 amide bonds. The van der Waals surface area contributed by atoms with Gasteiger partial charge in [0.2, 0.25) is 0 Å². The molecule has 2 atom stereocenters. The number of carbonyl (C=O) groups is 1. The van der Waals surface area contributed by atoms with Gasteiger partial charge in [-0.15, -0.1) is 0 Å². The van der Waals surface area contributed by atoms with Crippen LogP contribution in [-0.2, 0) is 11.3 Å². The number of hydrogen-bond donors (Lipinski definition) is 2. The summed E-state index contributed by atoms with van der Waals surface area (Å²) in [7, 11) is 0. The molecule has 3 aliphatic rings. The number of fused-ring (bicyclic) bond motifs is 2. The highest BCUT2D eigenvalue weighted by Crippen LogP contribution is 2.30. The van der Waals surface area contributed by atoms with E-state index in [1.54, 1.807) is 12.5 Å². The standard InChI is InChI=1S/C20H21FN4O3/c1-11-4-14-16(7-23-20(14)26)24-19(11)25-3-2-18(15(21)8-25)28-13-5-12-9-27-10-17(12)22-6-13/h4-5,9-10,15,18,22H,2-3,6-8H2,1H3,(H,23,26)/t15-,18-/m1/s1. The summed E-state index contributed by atoms with van der Waals surface area (Å²) >= 11 is 0. The first-order valence-corrected chi connectivity index (χ1v) is 9.43. The fourth-order valence-electron chi connectivity index (χ4n) is 4.00. The summed E-state index contributed by atoms with van der Waals surface area (Å²) in [5.74, 6) is 1.37. The maximum atomic E-state index is 14.9. The number of halogens is 1. The molecular weight excluding hydrogens is 363 g/mol. The van der Waals surface area contributed by atoms with E-state index < -0.39 is 12.3 Å². The third kappa shape index (κ3) is 2.89. The molecule has 146 valence electrons. The minimum atomic E-state index is -1.13. The first kappa shape index (κ1) is 17.1. The van der Waals surface area contributed by atoms with Crippen LogP contribution in [0.4, 0.5) is 15.9 Å². The van der Waals surface area contributed by atoms with Crippen molar-refractivity contribution in [2.75, 3.05) is 29.9 Å². The van der Waals surface area contributed by atoms with Crippen LogP contribution in [-0.4, -0.2) is 42.8 Å². The van der Waals surface area contributed by atoms with E-state index in [-0.39, 0.29) is 12.5 Å². The number of rotatable bonds is 3. The van der Waals surface area contributed by atoms with Gasteiger partial charge in [0.05, 0.1) is 42.8 Å². The van der Waals surface area contributed by atoms with E-state index in [9.17, 15) is 9.18 Å². The third-order valence-corrected chi connectivity index (χ3v) is 5.47. The van der Waals surface area contributed by atoms with Crippen LogP contribution in [0.25, 0.3) is 6.08 Å². The lowest BCUT2D eigenvalue weighted by atomic mass is 10.0. The predicted molar refractivity (Wildman–Crippen MR) is 102 cm³/mol. The van der Waals surface area contributed by atoms with Gasteiger partial charge in [-0.25, -0.2) is 9.37 Å².